The molecule has 6 nitrogen and oxygen atoms in total. The first-order valence-corrected chi connectivity index (χ1v) is 6.11. The lowest BCUT2D eigenvalue weighted by Crippen LogP contribution is -2.40. The number of esters is 1. The van der Waals surface area contributed by atoms with Crippen LogP contribution >= 0.6 is 0 Å². The van der Waals surface area contributed by atoms with Gasteiger partial charge >= 0.3 is 12.1 Å². The molecule has 0 fully saturated rings. The monoisotopic (exact) mass is 260 g/mol. The van der Waals surface area contributed by atoms with E-state index in [0.29, 0.717) is 19.6 Å². The summed E-state index contributed by atoms with van der Waals surface area (Å²) in [5.74, 6) is -0.314. The van der Waals surface area contributed by atoms with Crippen molar-refractivity contribution in [3.8, 4) is 0 Å². The van der Waals surface area contributed by atoms with Crippen LogP contribution in [-0.2, 0) is 14.3 Å². The zero-order valence-corrected chi connectivity index (χ0v) is 11.8. The van der Waals surface area contributed by atoms with Crippen LogP contribution in [0.15, 0.2) is 0 Å². The predicted octanol–water partition coefficient (Wildman–Crippen LogP) is 1.05. The predicted molar refractivity (Wildman–Crippen MR) is 68.3 cm³/mol. The average Bonchev–Trinajstić information content (AvgIpc) is 2.22. The standard InChI is InChI=1S/C12H24N2O4/c1-6-17-10(15)9(13-5)7-8-14-11(16)18-12(2,3)4/h9,13H,6-8H2,1-5H3,(H,14,16). The second-order valence-electron chi connectivity index (χ2n) is 4.81. The van der Waals surface area contributed by atoms with Crippen molar-refractivity contribution in [2.45, 2.75) is 45.8 Å². The van der Waals surface area contributed by atoms with Crippen molar-refractivity contribution in [1.82, 2.24) is 10.6 Å². The number of carbonyl (C=O) groups is 2. The van der Waals surface area contributed by atoms with Gasteiger partial charge in [0.2, 0.25) is 0 Å². The van der Waals surface area contributed by atoms with Gasteiger partial charge in [-0.25, -0.2) is 4.79 Å². The van der Waals surface area contributed by atoms with Gasteiger partial charge in [0.25, 0.3) is 0 Å². The highest BCUT2D eigenvalue weighted by Crippen LogP contribution is 2.06. The molecule has 0 aliphatic carbocycles. The zero-order valence-electron chi connectivity index (χ0n) is 11.8. The first-order valence-electron chi connectivity index (χ1n) is 6.11. The minimum absolute atomic E-state index is 0.314. The Hall–Kier alpha value is -1.30. The summed E-state index contributed by atoms with van der Waals surface area (Å²) in [6, 6.07) is -0.417. The third-order valence-corrected chi connectivity index (χ3v) is 2.02. The first-order chi connectivity index (χ1) is 8.30. The third-order valence-electron chi connectivity index (χ3n) is 2.02. The lowest BCUT2D eigenvalue weighted by atomic mass is 10.2. The van der Waals surface area contributed by atoms with Crippen LogP contribution in [0.1, 0.15) is 34.1 Å². The molecule has 1 unspecified atom stereocenters. The van der Waals surface area contributed by atoms with Gasteiger partial charge in [-0.3, -0.25) is 4.79 Å². The van der Waals surface area contributed by atoms with Crippen LogP contribution < -0.4 is 10.6 Å². The molecule has 0 aromatic heterocycles. The Morgan fingerprint density at radius 2 is 1.89 bits per heavy atom. The first kappa shape index (κ1) is 16.7. The lowest BCUT2D eigenvalue weighted by Gasteiger charge is -2.20. The third kappa shape index (κ3) is 7.89. The number of nitrogens with one attached hydrogen (secondary N) is 2. The topological polar surface area (TPSA) is 76.7 Å². The van der Waals surface area contributed by atoms with E-state index in [-0.39, 0.29) is 5.97 Å². The lowest BCUT2D eigenvalue weighted by molar-refractivity contribution is -0.145. The molecule has 0 radical (unpaired) electrons. The van der Waals surface area contributed by atoms with Gasteiger partial charge in [-0.2, -0.15) is 0 Å². The van der Waals surface area contributed by atoms with E-state index in [1.807, 2.05) is 0 Å². The van der Waals surface area contributed by atoms with E-state index in [1.54, 1.807) is 34.7 Å². The second-order valence-corrected chi connectivity index (χ2v) is 4.81. The van der Waals surface area contributed by atoms with Crippen LogP contribution in [0.5, 0.6) is 0 Å². The molecule has 0 saturated carbocycles. The summed E-state index contributed by atoms with van der Waals surface area (Å²) in [6.45, 7) is 7.82. The number of carbonyl (C=O) groups excluding carboxylic acids is 2. The maximum Gasteiger partial charge on any atom is 0.407 e. The van der Waals surface area contributed by atoms with Crippen molar-refractivity contribution in [1.29, 1.82) is 0 Å². The number of likely N-dealkylation sites (N-methyl/N-ethyl adjacent to an activating group) is 1. The minimum Gasteiger partial charge on any atom is -0.465 e. The summed E-state index contributed by atoms with van der Waals surface area (Å²) in [4.78, 5) is 22.8. The number of hydrogen-bond acceptors (Lipinski definition) is 5. The van der Waals surface area contributed by atoms with Gasteiger partial charge in [0.05, 0.1) is 6.61 Å². The molecule has 106 valence electrons. The van der Waals surface area contributed by atoms with E-state index in [0.717, 1.165) is 0 Å². The highest BCUT2D eigenvalue weighted by molar-refractivity contribution is 5.75. The maximum absolute atomic E-state index is 11.5. The molecule has 1 amide bonds. The molecule has 18 heavy (non-hydrogen) atoms. The molecule has 0 spiro atoms. The van der Waals surface area contributed by atoms with Gasteiger partial charge in [-0.05, 0) is 41.2 Å². The Bertz CT molecular complexity index is 274. The summed E-state index contributed by atoms with van der Waals surface area (Å²) in [6.07, 6.45) is -0.0320. The molecule has 0 aliphatic heterocycles. The SMILES string of the molecule is CCOC(=O)C(CCNC(=O)OC(C)(C)C)NC. The van der Waals surface area contributed by atoms with E-state index in [2.05, 4.69) is 10.6 Å². The number of hydrogen-bond donors (Lipinski definition) is 2. The molecule has 0 aromatic rings. The second kappa shape index (κ2) is 7.92. The Kier molecular flexibility index (Phi) is 7.35. The average molecular weight is 260 g/mol. The van der Waals surface area contributed by atoms with Crippen molar-refractivity contribution in [2.24, 2.45) is 0 Å². The van der Waals surface area contributed by atoms with Crippen molar-refractivity contribution >= 4 is 12.1 Å². The summed E-state index contributed by atoms with van der Waals surface area (Å²) in [5, 5.41) is 5.43. The van der Waals surface area contributed by atoms with Crippen molar-refractivity contribution in [2.75, 3.05) is 20.2 Å². The fraction of sp³-hybridized carbons (Fsp3) is 0.833. The quantitative estimate of drug-likeness (QED) is 0.698. The van der Waals surface area contributed by atoms with Crippen molar-refractivity contribution in [3.63, 3.8) is 0 Å². The molecule has 6 heteroatoms. The van der Waals surface area contributed by atoms with Crippen LogP contribution in [-0.4, -0.2) is 43.9 Å². The molecule has 0 saturated heterocycles. The molecule has 0 heterocycles. The van der Waals surface area contributed by atoms with E-state index >= 15 is 0 Å². The molecule has 0 aliphatic rings. The van der Waals surface area contributed by atoms with Crippen LogP contribution in [0.4, 0.5) is 4.79 Å². The Morgan fingerprint density at radius 1 is 1.28 bits per heavy atom. The number of alkyl carbamates (subject to hydrolysis) is 1. The van der Waals surface area contributed by atoms with E-state index in [4.69, 9.17) is 9.47 Å². The normalized spacial score (nSPS) is 12.7. The number of rotatable bonds is 6. The minimum atomic E-state index is -0.520. The Labute approximate surface area is 108 Å². The molecule has 2 N–H and O–H groups in total. The molecular formula is C12H24N2O4. The van der Waals surface area contributed by atoms with Gasteiger partial charge in [0.15, 0.2) is 0 Å². The van der Waals surface area contributed by atoms with Crippen molar-refractivity contribution < 1.29 is 19.1 Å². The highest BCUT2D eigenvalue weighted by atomic mass is 16.6. The summed E-state index contributed by atoms with van der Waals surface area (Å²) >= 11 is 0. The van der Waals surface area contributed by atoms with E-state index in [1.165, 1.54) is 0 Å². The summed E-state index contributed by atoms with van der Waals surface area (Å²) in [7, 11) is 1.68. The Balaban J connectivity index is 3.94. The van der Waals surface area contributed by atoms with Crippen LogP contribution in [0.25, 0.3) is 0 Å². The summed E-state index contributed by atoms with van der Waals surface area (Å²) < 4.78 is 9.96. The van der Waals surface area contributed by atoms with Gasteiger partial charge < -0.3 is 20.1 Å². The zero-order chi connectivity index (χ0) is 14.2. The smallest absolute Gasteiger partial charge is 0.407 e. The maximum atomic E-state index is 11.5. The van der Waals surface area contributed by atoms with Gasteiger partial charge in [-0.15, -0.1) is 0 Å². The fourth-order valence-corrected chi connectivity index (χ4v) is 1.26. The number of ether oxygens (including phenoxy) is 2. The molecule has 0 bridgehead atoms. The molecule has 0 aromatic carbocycles. The van der Waals surface area contributed by atoms with Crippen LogP contribution in [0.2, 0.25) is 0 Å². The Morgan fingerprint density at radius 3 is 2.33 bits per heavy atom. The largest absolute Gasteiger partial charge is 0.465 e. The van der Waals surface area contributed by atoms with Gasteiger partial charge in [-0.1, -0.05) is 0 Å². The summed E-state index contributed by atoms with van der Waals surface area (Å²) in [5.41, 5.74) is -0.520. The number of amides is 1. The fourth-order valence-electron chi connectivity index (χ4n) is 1.26. The van der Waals surface area contributed by atoms with Crippen LogP contribution in [0, 0.1) is 0 Å². The van der Waals surface area contributed by atoms with Gasteiger partial charge in [0.1, 0.15) is 11.6 Å². The molecule has 0 rings (SSSR count). The van der Waals surface area contributed by atoms with E-state index < -0.39 is 17.7 Å². The van der Waals surface area contributed by atoms with E-state index in [9.17, 15) is 9.59 Å². The molecular weight excluding hydrogens is 236 g/mol. The molecule has 1 atom stereocenters. The van der Waals surface area contributed by atoms with Crippen LogP contribution in [0.3, 0.4) is 0 Å². The van der Waals surface area contributed by atoms with Crippen molar-refractivity contribution in [3.05, 3.63) is 0 Å². The van der Waals surface area contributed by atoms with Gasteiger partial charge in [0, 0.05) is 6.54 Å². The highest BCUT2D eigenvalue weighted by Gasteiger charge is 2.19.